The summed E-state index contributed by atoms with van der Waals surface area (Å²) < 4.78 is 0. The minimum atomic E-state index is -0.909. The van der Waals surface area contributed by atoms with Gasteiger partial charge in [0.1, 0.15) is 5.92 Å². The second-order valence-corrected chi connectivity index (χ2v) is 7.69. The standard InChI is InChI=1S/C25H19N3O3/c1-16-7-5-6-10-20(16)22-21-23(31-28(22)19-8-3-2-4-9-19)25(30)27(24(21)29)18-13-11-17(15-26)12-14-18/h2-14,21-23H,1H3/t21-,22-,23+/m0/s1. The van der Waals surface area contributed by atoms with Gasteiger partial charge < -0.3 is 0 Å². The Morgan fingerprint density at radius 1 is 0.839 bits per heavy atom. The first-order valence-corrected chi connectivity index (χ1v) is 10.0. The van der Waals surface area contributed by atoms with Gasteiger partial charge in [0.2, 0.25) is 5.91 Å². The zero-order valence-electron chi connectivity index (χ0n) is 16.8. The molecule has 0 N–H and O–H groups in total. The Labute approximate surface area is 179 Å². The highest BCUT2D eigenvalue weighted by Crippen LogP contribution is 2.48. The summed E-state index contributed by atoms with van der Waals surface area (Å²) in [6, 6.07) is 25.4. The minimum Gasteiger partial charge on any atom is -0.273 e. The van der Waals surface area contributed by atoms with Crippen LogP contribution in [0, 0.1) is 24.2 Å². The Kier molecular flexibility index (Phi) is 4.54. The third-order valence-electron chi connectivity index (χ3n) is 5.89. The number of hydrogen-bond acceptors (Lipinski definition) is 5. The number of benzene rings is 3. The number of nitrogens with zero attached hydrogens (tertiary/aromatic N) is 3. The van der Waals surface area contributed by atoms with Crippen molar-refractivity contribution >= 4 is 23.2 Å². The van der Waals surface area contributed by atoms with E-state index in [2.05, 4.69) is 0 Å². The Bertz CT molecular complexity index is 1200. The topological polar surface area (TPSA) is 73.6 Å². The van der Waals surface area contributed by atoms with Crippen molar-refractivity contribution in [3.05, 3.63) is 95.6 Å². The fourth-order valence-corrected chi connectivity index (χ4v) is 4.39. The molecule has 0 saturated carbocycles. The van der Waals surface area contributed by atoms with E-state index in [1.807, 2.05) is 67.6 Å². The Morgan fingerprint density at radius 3 is 2.19 bits per heavy atom. The van der Waals surface area contributed by atoms with Gasteiger partial charge in [0.15, 0.2) is 6.10 Å². The molecule has 0 spiro atoms. The van der Waals surface area contributed by atoms with Gasteiger partial charge >= 0.3 is 0 Å². The molecule has 2 amide bonds. The molecule has 2 heterocycles. The third kappa shape index (κ3) is 2.98. The number of nitriles is 1. The molecule has 5 rings (SSSR count). The zero-order chi connectivity index (χ0) is 21.5. The van der Waals surface area contributed by atoms with Gasteiger partial charge in [-0.3, -0.25) is 14.4 Å². The fraction of sp³-hybridized carbons (Fsp3) is 0.160. The lowest BCUT2D eigenvalue weighted by Gasteiger charge is -2.29. The number of para-hydroxylation sites is 1. The molecular formula is C25H19N3O3. The average molecular weight is 409 g/mol. The van der Waals surface area contributed by atoms with Crippen LogP contribution < -0.4 is 9.96 Å². The Balaban J connectivity index is 1.59. The summed E-state index contributed by atoms with van der Waals surface area (Å²) >= 11 is 0. The van der Waals surface area contributed by atoms with Crippen molar-refractivity contribution in [1.29, 1.82) is 5.26 Å². The van der Waals surface area contributed by atoms with Crippen LogP contribution in [-0.2, 0) is 14.4 Å². The van der Waals surface area contributed by atoms with Gasteiger partial charge in [-0.1, -0.05) is 42.5 Å². The highest BCUT2D eigenvalue weighted by Gasteiger charge is 2.60. The van der Waals surface area contributed by atoms with Crippen molar-refractivity contribution in [3.63, 3.8) is 0 Å². The molecule has 2 aliphatic rings. The first-order valence-electron chi connectivity index (χ1n) is 10.0. The SMILES string of the molecule is Cc1ccccc1[C@H]1[C@@H]2C(=O)N(c3ccc(C#N)cc3)C(=O)[C@@H]2ON1c1ccccc1. The van der Waals surface area contributed by atoms with Crippen LogP contribution >= 0.6 is 0 Å². The van der Waals surface area contributed by atoms with E-state index in [4.69, 9.17) is 10.1 Å². The maximum atomic E-state index is 13.6. The van der Waals surface area contributed by atoms with Crippen molar-refractivity contribution in [2.45, 2.75) is 19.1 Å². The molecule has 2 aliphatic heterocycles. The molecule has 0 unspecified atom stereocenters. The number of rotatable bonds is 3. The predicted octanol–water partition coefficient (Wildman–Crippen LogP) is 3.92. The second kappa shape index (κ2) is 7.38. The van der Waals surface area contributed by atoms with Gasteiger partial charge in [-0.15, -0.1) is 0 Å². The molecule has 3 atom stereocenters. The number of imide groups is 1. The largest absolute Gasteiger partial charge is 0.273 e. The lowest BCUT2D eigenvalue weighted by atomic mass is 9.88. The summed E-state index contributed by atoms with van der Waals surface area (Å²) in [5, 5.41) is 10.7. The van der Waals surface area contributed by atoms with Crippen LogP contribution in [-0.4, -0.2) is 17.9 Å². The molecule has 2 fully saturated rings. The first-order chi connectivity index (χ1) is 15.1. The van der Waals surface area contributed by atoms with Crippen LogP contribution in [0.25, 0.3) is 0 Å². The van der Waals surface area contributed by atoms with E-state index in [0.29, 0.717) is 11.3 Å². The van der Waals surface area contributed by atoms with E-state index in [1.54, 1.807) is 29.3 Å². The number of aryl methyl sites for hydroxylation is 1. The predicted molar refractivity (Wildman–Crippen MR) is 115 cm³/mol. The molecule has 6 nitrogen and oxygen atoms in total. The Morgan fingerprint density at radius 2 is 1.52 bits per heavy atom. The molecule has 0 radical (unpaired) electrons. The van der Waals surface area contributed by atoms with Gasteiger partial charge in [0, 0.05) is 0 Å². The van der Waals surface area contributed by atoms with Gasteiger partial charge in [-0.25, -0.2) is 9.96 Å². The van der Waals surface area contributed by atoms with Crippen LogP contribution in [0.1, 0.15) is 22.7 Å². The quantitative estimate of drug-likeness (QED) is 0.613. The fourth-order valence-electron chi connectivity index (χ4n) is 4.39. The summed E-state index contributed by atoms with van der Waals surface area (Å²) in [4.78, 5) is 34.2. The summed E-state index contributed by atoms with van der Waals surface area (Å²) in [5.41, 5.74) is 3.67. The molecule has 0 bridgehead atoms. The van der Waals surface area contributed by atoms with Crippen LogP contribution in [0.4, 0.5) is 11.4 Å². The normalized spacial score (nSPS) is 22.5. The van der Waals surface area contributed by atoms with Gasteiger partial charge in [0.05, 0.1) is 29.0 Å². The van der Waals surface area contributed by atoms with Gasteiger partial charge in [-0.2, -0.15) is 5.26 Å². The monoisotopic (exact) mass is 409 g/mol. The molecule has 152 valence electrons. The number of hydroxylamine groups is 1. The number of amides is 2. The summed E-state index contributed by atoms with van der Waals surface area (Å²) in [6.45, 7) is 1.99. The van der Waals surface area contributed by atoms with Crippen molar-refractivity contribution < 1.29 is 14.4 Å². The Hall–Kier alpha value is -3.95. The number of hydrogen-bond donors (Lipinski definition) is 0. The average Bonchev–Trinajstić information content (AvgIpc) is 3.31. The number of anilines is 2. The molecule has 3 aromatic rings. The molecule has 3 aromatic carbocycles. The molecule has 2 saturated heterocycles. The number of fused-ring (bicyclic) bond motifs is 1. The second-order valence-electron chi connectivity index (χ2n) is 7.69. The lowest BCUT2D eigenvalue weighted by molar-refractivity contribution is -0.126. The van der Waals surface area contributed by atoms with E-state index >= 15 is 0 Å². The van der Waals surface area contributed by atoms with E-state index < -0.39 is 24.0 Å². The third-order valence-corrected chi connectivity index (χ3v) is 5.89. The summed E-state index contributed by atoms with van der Waals surface area (Å²) in [7, 11) is 0. The van der Waals surface area contributed by atoms with Crippen molar-refractivity contribution in [1.82, 2.24) is 0 Å². The summed E-state index contributed by atoms with van der Waals surface area (Å²) in [5.74, 6) is -1.37. The first kappa shape index (κ1) is 19.0. The molecule has 6 heteroatoms. The van der Waals surface area contributed by atoms with E-state index in [-0.39, 0.29) is 5.91 Å². The van der Waals surface area contributed by atoms with Gasteiger partial charge in [-0.05, 0) is 54.4 Å². The maximum absolute atomic E-state index is 13.6. The van der Waals surface area contributed by atoms with Crippen molar-refractivity contribution in [2.24, 2.45) is 5.92 Å². The number of carbonyl (C=O) groups is 2. The van der Waals surface area contributed by atoms with Crippen molar-refractivity contribution in [3.8, 4) is 6.07 Å². The number of carbonyl (C=O) groups excluding carboxylic acids is 2. The smallest absolute Gasteiger partial charge is 0.266 e. The summed E-state index contributed by atoms with van der Waals surface area (Å²) in [6.07, 6.45) is -0.909. The van der Waals surface area contributed by atoms with Crippen LogP contribution in [0.3, 0.4) is 0 Å². The minimum absolute atomic E-state index is 0.300. The van der Waals surface area contributed by atoms with Gasteiger partial charge in [0.25, 0.3) is 5.91 Å². The van der Waals surface area contributed by atoms with E-state index in [0.717, 1.165) is 16.8 Å². The van der Waals surface area contributed by atoms with Crippen LogP contribution in [0.15, 0.2) is 78.9 Å². The molecule has 0 aliphatic carbocycles. The molecular weight excluding hydrogens is 390 g/mol. The molecule has 31 heavy (non-hydrogen) atoms. The zero-order valence-corrected chi connectivity index (χ0v) is 16.8. The highest BCUT2D eigenvalue weighted by atomic mass is 16.7. The van der Waals surface area contributed by atoms with Crippen LogP contribution in [0.2, 0.25) is 0 Å². The van der Waals surface area contributed by atoms with E-state index in [9.17, 15) is 9.59 Å². The van der Waals surface area contributed by atoms with Crippen LogP contribution in [0.5, 0.6) is 0 Å². The highest BCUT2D eigenvalue weighted by molar-refractivity contribution is 6.23. The van der Waals surface area contributed by atoms with E-state index in [1.165, 1.54) is 4.90 Å². The van der Waals surface area contributed by atoms with Crippen molar-refractivity contribution in [2.75, 3.05) is 9.96 Å². The maximum Gasteiger partial charge on any atom is 0.266 e. The lowest BCUT2D eigenvalue weighted by Crippen LogP contribution is -2.37. The molecule has 0 aromatic heterocycles.